The molecule has 1 fully saturated rings. The van der Waals surface area contributed by atoms with E-state index >= 15 is 0 Å². The molecule has 0 aromatic rings. The zero-order chi connectivity index (χ0) is 4.41. The Hall–Kier alpha value is -0.120. The van der Waals surface area contributed by atoms with Crippen LogP contribution in [0.5, 0.6) is 0 Å². The molecule has 1 atom stereocenters. The van der Waals surface area contributed by atoms with Crippen LogP contribution in [-0.2, 0) is 0 Å². The predicted molar refractivity (Wildman–Crippen MR) is 27.1 cm³/mol. The van der Waals surface area contributed by atoms with E-state index in [4.69, 9.17) is 5.11 Å². The summed E-state index contributed by atoms with van der Waals surface area (Å²) in [5.74, 6) is 0. The van der Waals surface area contributed by atoms with Crippen LogP contribution in [0.25, 0.3) is 0 Å². The van der Waals surface area contributed by atoms with Gasteiger partial charge in [-0.25, -0.2) is 0 Å². The van der Waals surface area contributed by atoms with Crippen LogP contribution < -0.4 is 5.32 Å². The van der Waals surface area contributed by atoms with Gasteiger partial charge < -0.3 is 15.9 Å². The fourth-order valence-electron chi connectivity index (χ4n) is 0.639. The topological polar surface area (TPSA) is 63.8 Å². The molecule has 0 aromatic carbocycles. The van der Waals surface area contributed by atoms with Crippen molar-refractivity contribution in [2.24, 2.45) is 0 Å². The lowest BCUT2D eigenvalue weighted by Crippen LogP contribution is -2.11. The Labute approximate surface area is 42.7 Å². The third kappa shape index (κ3) is 1.87. The third-order valence-electron chi connectivity index (χ3n) is 1.03. The van der Waals surface area contributed by atoms with E-state index in [1.807, 2.05) is 0 Å². The quantitative estimate of drug-likeness (QED) is 0.394. The standard InChI is InChI=1S/C4H9NO.H2O/c6-4-1-2-5-3-4;/h4-6H,1-3H2;1H2. The number of hydrogen-bond donors (Lipinski definition) is 2. The molecule has 1 rings (SSSR count). The summed E-state index contributed by atoms with van der Waals surface area (Å²) in [5, 5.41) is 11.7. The second kappa shape index (κ2) is 2.96. The first kappa shape index (κ1) is 6.88. The molecule has 0 aliphatic carbocycles. The van der Waals surface area contributed by atoms with Crippen LogP contribution in [0.2, 0.25) is 0 Å². The van der Waals surface area contributed by atoms with E-state index in [0.717, 1.165) is 19.5 Å². The van der Waals surface area contributed by atoms with Crippen molar-refractivity contribution in [3.63, 3.8) is 0 Å². The predicted octanol–water partition coefficient (Wildman–Crippen LogP) is -1.48. The van der Waals surface area contributed by atoms with Crippen molar-refractivity contribution in [3.05, 3.63) is 0 Å². The monoisotopic (exact) mass is 105 g/mol. The van der Waals surface area contributed by atoms with Crippen molar-refractivity contribution < 1.29 is 10.6 Å². The lowest BCUT2D eigenvalue weighted by Gasteiger charge is -1.90. The molecule has 1 aliphatic rings. The largest absolute Gasteiger partial charge is 0.412 e. The van der Waals surface area contributed by atoms with E-state index in [1.165, 1.54) is 0 Å². The van der Waals surface area contributed by atoms with Crippen LogP contribution in [0, 0.1) is 0 Å². The van der Waals surface area contributed by atoms with Gasteiger partial charge in [-0.15, -0.1) is 0 Å². The molecular formula is C4H11NO2. The van der Waals surface area contributed by atoms with Crippen LogP contribution >= 0.6 is 0 Å². The molecule has 7 heavy (non-hydrogen) atoms. The normalized spacial score (nSPS) is 29.6. The highest BCUT2D eigenvalue weighted by molar-refractivity contribution is 4.67. The van der Waals surface area contributed by atoms with E-state index < -0.39 is 0 Å². The van der Waals surface area contributed by atoms with Gasteiger partial charge in [-0.05, 0) is 13.0 Å². The van der Waals surface area contributed by atoms with Crippen molar-refractivity contribution in [3.8, 4) is 0 Å². The minimum absolute atomic E-state index is 0. The van der Waals surface area contributed by atoms with Gasteiger partial charge in [-0.3, -0.25) is 0 Å². The molecule has 0 spiro atoms. The minimum Gasteiger partial charge on any atom is -0.412 e. The summed E-state index contributed by atoms with van der Waals surface area (Å²) in [6.45, 7) is 1.78. The summed E-state index contributed by atoms with van der Waals surface area (Å²) in [4.78, 5) is 0. The first-order chi connectivity index (χ1) is 2.89. The van der Waals surface area contributed by atoms with Gasteiger partial charge in [0.1, 0.15) is 0 Å². The van der Waals surface area contributed by atoms with Gasteiger partial charge in [0.05, 0.1) is 6.10 Å². The molecule has 1 heterocycles. The smallest absolute Gasteiger partial charge is 0.0676 e. The number of aliphatic hydroxyl groups is 1. The maximum absolute atomic E-state index is 8.67. The van der Waals surface area contributed by atoms with Gasteiger partial charge in [-0.1, -0.05) is 0 Å². The van der Waals surface area contributed by atoms with Crippen LogP contribution in [0.4, 0.5) is 0 Å². The van der Waals surface area contributed by atoms with E-state index in [0.29, 0.717) is 0 Å². The van der Waals surface area contributed by atoms with Gasteiger partial charge in [0.15, 0.2) is 0 Å². The molecule has 0 saturated carbocycles. The number of β-amino-alcohol motifs (C(OH)–C–C–N with tert-alkyl or cyclic N) is 1. The molecule has 3 heteroatoms. The Morgan fingerprint density at radius 2 is 2.29 bits per heavy atom. The lowest BCUT2D eigenvalue weighted by atomic mass is 10.3. The van der Waals surface area contributed by atoms with Crippen molar-refractivity contribution in [1.82, 2.24) is 5.32 Å². The molecule has 0 radical (unpaired) electrons. The number of aliphatic hydroxyl groups excluding tert-OH is 1. The van der Waals surface area contributed by atoms with Gasteiger partial charge in [0.25, 0.3) is 0 Å². The first-order valence-corrected chi connectivity index (χ1v) is 2.28. The molecule has 1 saturated heterocycles. The van der Waals surface area contributed by atoms with E-state index in [2.05, 4.69) is 5.32 Å². The molecule has 0 aromatic heterocycles. The van der Waals surface area contributed by atoms with Gasteiger partial charge >= 0.3 is 0 Å². The second-order valence-corrected chi connectivity index (χ2v) is 1.65. The van der Waals surface area contributed by atoms with E-state index in [-0.39, 0.29) is 11.6 Å². The van der Waals surface area contributed by atoms with Crippen LogP contribution in [0.1, 0.15) is 6.42 Å². The molecule has 1 unspecified atom stereocenters. The summed E-state index contributed by atoms with van der Waals surface area (Å²) in [5.41, 5.74) is 0. The highest BCUT2D eigenvalue weighted by Gasteiger charge is 2.08. The molecular weight excluding hydrogens is 94.0 g/mol. The van der Waals surface area contributed by atoms with Gasteiger partial charge in [0.2, 0.25) is 0 Å². The molecule has 3 nitrogen and oxygen atoms in total. The van der Waals surface area contributed by atoms with Crippen LogP contribution in [0.15, 0.2) is 0 Å². The number of rotatable bonds is 0. The van der Waals surface area contributed by atoms with Crippen LogP contribution in [0.3, 0.4) is 0 Å². The summed E-state index contributed by atoms with van der Waals surface area (Å²) in [6.07, 6.45) is 0.866. The zero-order valence-electron chi connectivity index (χ0n) is 4.15. The molecule has 1 aliphatic heterocycles. The van der Waals surface area contributed by atoms with Crippen molar-refractivity contribution in [1.29, 1.82) is 0 Å². The molecule has 4 N–H and O–H groups in total. The summed E-state index contributed by atoms with van der Waals surface area (Å²) >= 11 is 0. The SMILES string of the molecule is O.OC1CCNC1. The highest BCUT2D eigenvalue weighted by atomic mass is 16.3. The van der Waals surface area contributed by atoms with E-state index in [9.17, 15) is 0 Å². The average molecular weight is 105 g/mol. The fraction of sp³-hybridized carbons (Fsp3) is 1.00. The Kier molecular flexibility index (Phi) is 2.91. The molecule has 44 valence electrons. The zero-order valence-corrected chi connectivity index (χ0v) is 4.15. The summed E-state index contributed by atoms with van der Waals surface area (Å²) in [6, 6.07) is 0. The second-order valence-electron chi connectivity index (χ2n) is 1.65. The number of hydrogen-bond acceptors (Lipinski definition) is 2. The Morgan fingerprint density at radius 3 is 2.43 bits per heavy atom. The fourth-order valence-corrected chi connectivity index (χ4v) is 0.639. The number of nitrogens with one attached hydrogen (secondary N) is 1. The average Bonchev–Trinajstić information content (AvgIpc) is 1.86. The maximum Gasteiger partial charge on any atom is 0.0676 e. The maximum atomic E-state index is 8.67. The summed E-state index contributed by atoms with van der Waals surface area (Å²) in [7, 11) is 0. The van der Waals surface area contributed by atoms with Crippen molar-refractivity contribution in [2.75, 3.05) is 13.1 Å². The Morgan fingerprint density at radius 1 is 1.57 bits per heavy atom. The minimum atomic E-state index is -0.0648. The lowest BCUT2D eigenvalue weighted by molar-refractivity contribution is 0.196. The Bertz CT molecular complexity index is 43.0. The van der Waals surface area contributed by atoms with E-state index in [1.54, 1.807) is 0 Å². The van der Waals surface area contributed by atoms with Gasteiger partial charge in [0, 0.05) is 6.54 Å². The van der Waals surface area contributed by atoms with Crippen LogP contribution in [-0.4, -0.2) is 29.8 Å². The van der Waals surface area contributed by atoms with Crippen molar-refractivity contribution in [2.45, 2.75) is 12.5 Å². The molecule has 0 bridgehead atoms. The van der Waals surface area contributed by atoms with Crippen molar-refractivity contribution >= 4 is 0 Å². The first-order valence-electron chi connectivity index (χ1n) is 2.28. The van der Waals surface area contributed by atoms with Gasteiger partial charge in [-0.2, -0.15) is 0 Å². The molecule has 0 amide bonds. The highest BCUT2D eigenvalue weighted by Crippen LogP contribution is 1.93. The third-order valence-corrected chi connectivity index (χ3v) is 1.03. The Balaban J connectivity index is 0.000000360. The summed E-state index contributed by atoms with van der Waals surface area (Å²) < 4.78 is 0.